The van der Waals surface area contributed by atoms with E-state index in [-0.39, 0.29) is 18.9 Å². The van der Waals surface area contributed by atoms with Gasteiger partial charge >= 0.3 is 0 Å². The molecular formula is C30H46N2O. The van der Waals surface area contributed by atoms with Gasteiger partial charge < -0.3 is 4.90 Å². The molecule has 3 heteroatoms. The number of nitrogens with zero attached hydrogens (tertiary/aromatic N) is 2. The fourth-order valence-corrected chi connectivity index (χ4v) is 4.10. The first-order valence-electron chi connectivity index (χ1n) is 15.8. The molecule has 0 atom stereocenters. The topological polar surface area (TPSA) is 25.2 Å². The zero-order chi connectivity index (χ0) is 28.7. The minimum absolute atomic E-state index is 0.00614. The second-order valence-electron chi connectivity index (χ2n) is 8.82. The van der Waals surface area contributed by atoms with Crippen molar-refractivity contribution in [2.45, 2.75) is 90.4 Å². The third-order valence-corrected chi connectivity index (χ3v) is 6.01. The molecular weight excluding hydrogens is 404 g/mol. The Kier molecular flexibility index (Phi) is 9.59. The van der Waals surface area contributed by atoms with Gasteiger partial charge in [-0.2, -0.15) is 0 Å². The number of likely N-dealkylation sites (N-methyl/N-ethyl adjacent to an activating group) is 1. The summed E-state index contributed by atoms with van der Waals surface area (Å²) < 4.78 is 47.2. The number of unbranched alkanes of at least 4 members (excludes halogenated alkanes) is 8. The number of aromatic nitrogens is 1. The van der Waals surface area contributed by atoms with Crippen LogP contribution in [0.1, 0.15) is 103 Å². The highest BCUT2D eigenvalue weighted by Crippen LogP contribution is 2.23. The van der Waals surface area contributed by atoms with E-state index in [0.29, 0.717) is 11.3 Å². The van der Waals surface area contributed by atoms with Gasteiger partial charge in [0, 0.05) is 32.8 Å². The van der Waals surface area contributed by atoms with Gasteiger partial charge in [-0.05, 0) is 70.5 Å². The molecule has 3 nitrogen and oxygen atoms in total. The molecule has 0 amide bonds. The molecule has 0 radical (unpaired) electrons. The Bertz CT molecular complexity index is 1040. The molecule has 0 N–H and O–H groups in total. The molecule has 1 heterocycles. The molecule has 0 aliphatic heterocycles. The van der Waals surface area contributed by atoms with Gasteiger partial charge in [0.25, 0.3) is 0 Å². The molecule has 0 fully saturated rings. The van der Waals surface area contributed by atoms with Gasteiger partial charge in [-0.25, -0.2) is 0 Å². The highest BCUT2D eigenvalue weighted by atomic mass is 16.2. The SMILES string of the molecule is [2H]C([2H])([2H])N(CCc1cn(C(=O)CCCCCCC/C=C\C/C=C\CCCCC)c2ccccc12)C([2H])([2H])[2H]. The zero-order valence-corrected chi connectivity index (χ0v) is 20.4. The summed E-state index contributed by atoms with van der Waals surface area (Å²) in [5, 5.41) is 0.849. The largest absolute Gasteiger partial charge is 0.309 e. The number of rotatable bonds is 17. The van der Waals surface area contributed by atoms with Crippen molar-refractivity contribution in [2.75, 3.05) is 20.5 Å². The second-order valence-corrected chi connectivity index (χ2v) is 8.82. The Morgan fingerprint density at radius 1 is 0.939 bits per heavy atom. The molecule has 0 aliphatic rings. The van der Waals surface area contributed by atoms with Crippen molar-refractivity contribution in [1.82, 2.24) is 9.47 Å². The van der Waals surface area contributed by atoms with E-state index in [1.54, 1.807) is 10.8 Å². The first kappa shape index (κ1) is 19.2. The van der Waals surface area contributed by atoms with Gasteiger partial charge in [0.1, 0.15) is 0 Å². The predicted molar refractivity (Wildman–Crippen MR) is 144 cm³/mol. The number of carbonyl (C=O) groups excluding carboxylic acids is 1. The van der Waals surface area contributed by atoms with Gasteiger partial charge in [-0.1, -0.05) is 81.5 Å². The molecule has 182 valence electrons. The Morgan fingerprint density at radius 3 is 2.39 bits per heavy atom. The molecule has 33 heavy (non-hydrogen) atoms. The van der Waals surface area contributed by atoms with E-state index in [2.05, 4.69) is 31.2 Å². The highest BCUT2D eigenvalue weighted by molar-refractivity contribution is 5.94. The molecule has 1 aromatic heterocycles. The fraction of sp³-hybridized carbons (Fsp3) is 0.567. The summed E-state index contributed by atoms with van der Waals surface area (Å²) in [6, 6.07) is 7.50. The van der Waals surface area contributed by atoms with Gasteiger partial charge in [0.05, 0.1) is 5.52 Å². The maximum atomic E-state index is 13.0. The maximum absolute atomic E-state index is 13.0. The number of hydrogen-bond donors (Lipinski definition) is 0. The van der Waals surface area contributed by atoms with Crippen molar-refractivity contribution in [1.29, 1.82) is 0 Å². The molecule has 0 spiro atoms. The second kappa shape index (κ2) is 16.5. The quantitative estimate of drug-likeness (QED) is 0.177. The third kappa shape index (κ3) is 10.6. The van der Waals surface area contributed by atoms with Gasteiger partial charge in [-0.3, -0.25) is 9.36 Å². The number of benzene rings is 1. The van der Waals surface area contributed by atoms with Crippen LogP contribution in [0.15, 0.2) is 54.8 Å². The van der Waals surface area contributed by atoms with E-state index in [0.717, 1.165) is 55.0 Å². The van der Waals surface area contributed by atoms with E-state index in [1.807, 2.05) is 24.3 Å². The van der Waals surface area contributed by atoms with Crippen LogP contribution in [0, 0.1) is 0 Å². The predicted octanol–water partition coefficient (Wildman–Crippen LogP) is 8.20. The average molecular weight is 457 g/mol. The Morgan fingerprint density at radius 2 is 1.64 bits per heavy atom. The van der Waals surface area contributed by atoms with Gasteiger partial charge in [0.2, 0.25) is 5.91 Å². The minimum Gasteiger partial charge on any atom is -0.309 e. The third-order valence-electron chi connectivity index (χ3n) is 6.01. The van der Waals surface area contributed by atoms with E-state index >= 15 is 0 Å². The van der Waals surface area contributed by atoms with Crippen LogP contribution in [0.25, 0.3) is 10.9 Å². The lowest BCUT2D eigenvalue weighted by molar-refractivity contribution is 0.0904. The summed E-state index contributed by atoms with van der Waals surface area (Å²) in [4.78, 5) is 13.6. The highest BCUT2D eigenvalue weighted by Gasteiger charge is 2.13. The summed E-state index contributed by atoms with van der Waals surface area (Å²) in [7, 11) is 0. The molecule has 0 unspecified atom stereocenters. The molecule has 0 saturated carbocycles. The summed E-state index contributed by atoms with van der Waals surface area (Å²) in [6.07, 6.45) is 23.9. The van der Waals surface area contributed by atoms with Crippen LogP contribution in [0.3, 0.4) is 0 Å². The van der Waals surface area contributed by atoms with Crippen molar-refractivity contribution >= 4 is 16.8 Å². The lowest BCUT2D eigenvalue weighted by atomic mass is 10.1. The Balaban J connectivity index is 1.76. The molecule has 0 saturated heterocycles. The lowest BCUT2D eigenvalue weighted by Gasteiger charge is -2.07. The first-order chi connectivity index (χ1) is 18.6. The van der Waals surface area contributed by atoms with Gasteiger partial charge in [0.15, 0.2) is 0 Å². The molecule has 2 rings (SSSR count). The van der Waals surface area contributed by atoms with E-state index in [4.69, 9.17) is 8.22 Å². The normalized spacial score (nSPS) is 15.6. The molecule has 1 aromatic carbocycles. The van der Waals surface area contributed by atoms with E-state index < -0.39 is 14.0 Å². The van der Waals surface area contributed by atoms with Crippen LogP contribution in [0.4, 0.5) is 0 Å². The van der Waals surface area contributed by atoms with Crippen molar-refractivity contribution < 1.29 is 13.0 Å². The molecule has 2 aromatic rings. The number of carbonyl (C=O) groups is 1. The number of para-hydroxylation sites is 1. The van der Waals surface area contributed by atoms with E-state index in [9.17, 15) is 4.79 Å². The van der Waals surface area contributed by atoms with Crippen LogP contribution >= 0.6 is 0 Å². The summed E-state index contributed by atoms with van der Waals surface area (Å²) in [5.74, 6) is 0.00614. The zero-order valence-electron chi connectivity index (χ0n) is 26.4. The number of allylic oxidation sites excluding steroid dienone is 4. The standard InChI is InChI=1S/C30H46N2O/c1-4-5-6-7-8-9-10-11-12-13-14-15-16-17-18-23-30(33)32-26-27(24-25-31(2)3)28-21-19-20-22-29(28)32/h8-9,11-12,19-22,26H,4-7,10,13-18,23-25H2,1-3H3/b9-8-,12-11-/i2D3,3D3. The van der Waals surface area contributed by atoms with E-state index in [1.165, 1.54) is 32.1 Å². The average Bonchev–Trinajstić information content (AvgIpc) is 3.23. The fourth-order valence-electron chi connectivity index (χ4n) is 4.10. The van der Waals surface area contributed by atoms with Crippen LogP contribution in [0.2, 0.25) is 0 Å². The van der Waals surface area contributed by atoms with Crippen molar-refractivity contribution in [2.24, 2.45) is 0 Å². The number of fused-ring (bicyclic) bond motifs is 1. The summed E-state index contributed by atoms with van der Waals surface area (Å²) in [5.41, 5.74) is 1.55. The summed E-state index contributed by atoms with van der Waals surface area (Å²) in [6.45, 7) is -3.37. The monoisotopic (exact) mass is 456 g/mol. The van der Waals surface area contributed by atoms with Crippen LogP contribution in [-0.4, -0.2) is 35.9 Å². The maximum Gasteiger partial charge on any atom is 0.231 e. The van der Waals surface area contributed by atoms with Crippen molar-refractivity contribution in [3.8, 4) is 0 Å². The number of hydrogen-bond acceptors (Lipinski definition) is 2. The smallest absolute Gasteiger partial charge is 0.231 e. The lowest BCUT2D eigenvalue weighted by Crippen LogP contribution is -2.15. The minimum atomic E-state index is -2.72. The van der Waals surface area contributed by atoms with Crippen molar-refractivity contribution in [3.05, 3.63) is 60.3 Å². The molecule has 0 aliphatic carbocycles. The van der Waals surface area contributed by atoms with Crippen LogP contribution in [0.5, 0.6) is 0 Å². The van der Waals surface area contributed by atoms with Crippen molar-refractivity contribution in [3.63, 3.8) is 0 Å². The Labute approximate surface area is 211 Å². The Hall–Kier alpha value is -2.13. The molecule has 0 bridgehead atoms. The van der Waals surface area contributed by atoms with Crippen LogP contribution < -0.4 is 0 Å². The van der Waals surface area contributed by atoms with Crippen LogP contribution in [-0.2, 0) is 6.42 Å². The first-order valence-corrected chi connectivity index (χ1v) is 12.8. The van der Waals surface area contributed by atoms with Gasteiger partial charge in [-0.15, -0.1) is 0 Å². The summed E-state index contributed by atoms with van der Waals surface area (Å²) >= 11 is 0.